The van der Waals surface area contributed by atoms with Crippen LogP contribution in [0.25, 0.3) is 0 Å². The molecule has 0 bridgehead atoms. The first kappa shape index (κ1) is 19.3. The van der Waals surface area contributed by atoms with Crippen molar-refractivity contribution in [1.29, 1.82) is 0 Å². The minimum Gasteiger partial charge on any atom is -0.316 e. The molecule has 1 aliphatic heterocycles. The first-order chi connectivity index (χ1) is 10.0. The molecule has 2 N–H and O–H groups in total. The Morgan fingerprint density at radius 3 is 2.82 bits per heavy atom. The highest BCUT2D eigenvalue weighted by Gasteiger charge is 2.22. The lowest BCUT2D eigenvalue weighted by molar-refractivity contribution is -0.117. The second-order valence-corrected chi connectivity index (χ2v) is 7.50. The van der Waals surface area contributed by atoms with Gasteiger partial charge in [0.15, 0.2) is 0 Å². The van der Waals surface area contributed by atoms with E-state index in [-0.39, 0.29) is 18.3 Å². The molecule has 0 aromatic carbocycles. The Hall–Kier alpha value is -0.720. The van der Waals surface area contributed by atoms with Crippen LogP contribution in [0.4, 0.5) is 5.13 Å². The van der Waals surface area contributed by atoms with Crippen LogP contribution in [-0.4, -0.2) is 29.2 Å². The molecular weight excluding hydrogens is 320 g/mol. The predicted molar refractivity (Wildman–Crippen MR) is 93.7 cm³/mol. The van der Waals surface area contributed by atoms with Gasteiger partial charge < -0.3 is 10.6 Å². The average molecular weight is 347 g/mol. The van der Waals surface area contributed by atoms with Crippen LogP contribution in [0.15, 0.2) is 0 Å². The molecule has 2 atom stereocenters. The minimum atomic E-state index is 0. The zero-order valence-corrected chi connectivity index (χ0v) is 15.2. The van der Waals surface area contributed by atoms with Crippen molar-refractivity contribution in [3.8, 4) is 0 Å². The summed E-state index contributed by atoms with van der Waals surface area (Å²) in [6, 6.07) is 0. The highest BCUT2D eigenvalue weighted by Crippen LogP contribution is 2.24. The van der Waals surface area contributed by atoms with Crippen LogP contribution in [0.5, 0.6) is 0 Å². The molecule has 1 saturated heterocycles. The quantitative estimate of drug-likeness (QED) is 0.830. The summed E-state index contributed by atoms with van der Waals surface area (Å²) in [7, 11) is 0. The van der Waals surface area contributed by atoms with Crippen LogP contribution >= 0.6 is 23.7 Å². The Bertz CT molecular complexity index is 460. The normalized spacial score (nSPS) is 19.5. The van der Waals surface area contributed by atoms with Crippen LogP contribution in [0, 0.1) is 17.8 Å². The number of hydrogen-bond acceptors (Lipinski definition) is 5. The fraction of sp³-hybridized carbons (Fsp3) is 0.800. The summed E-state index contributed by atoms with van der Waals surface area (Å²) in [5.41, 5.74) is 0. The molecule has 0 aliphatic carbocycles. The summed E-state index contributed by atoms with van der Waals surface area (Å²) >= 11 is 1.49. The number of rotatable bonds is 6. The lowest BCUT2D eigenvalue weighted by Crippen LogP contribution is -2.34. The molecule has 0 saturated carbocycles. The Morgan fingerprint density at radius 2 is 2.18 bits per heavy atom. The van der Waals surface area contributed by atoms with E-state index in [4.69, 9.17) is 0 Å². The van der Waals surface area contributed by atoms with E-state index in [0.29, 0.717) is 29.3 Å². The Labute approximate surface area is 143 Å². The second-order valence-electron chi connectivity index (χ2n) is 6.43. The summed E-state index contributed by atoms with van der Waals surface area (Å²) in [5.74, 6) is 1.62. The van der Waals surface area contributed by atoms with Gasteiger partial charge in [-0.15, -0.1) is 22.6 Å². The van der Waals surface area contributed by atoms with E-state index in [1.54, 1.807) is 0 Å². The zero-order valence-electron chi connectivity index (χ0n) is 13.6. The van der Waals surface area contributed by atoms with Crippen LogP contribution in [-0.2, 0) is 11.2 Å². The van der Waals surface area contributed by atoms with E-state index in [1.165, 1.54) is 24.2 Å². The third kappa shape index (κ3) is 6.18. The molecular formula is C15H27ClN4OS. The largest absolute Gasteiger partial charge is 0.316 e. The van der Waals surface area contributed by atoms with Crippen molar-refractivity contribution in [2.45, 2.75) is 46.5 Å². The van der Waals surface area contributed by atoms with Gasteiger partial charge in [-0.2, -0.15) is 0 Å². The standard InChI is InChI=1S/C15H26N4OS.ClH/c1-10(2)7-14-18-19-15(21-14)17-13(20)8-11(3)12-5-4-6-16-9-12;/h10-12,16H,4-9H2,1-3H3,(H,17,19,20);1H. The SMILES string of the molecule is CC(C)Cc1nnc(NC(=O)CC(C)C2CCCNC2)s1.Cl. The molecule has 2 heterocycles. The molecule has 1 aromatic heterocycles. The number of amides is 1. The van der Waals surface area contributed by atoms with Gasteiger partial charge in [0.25, 0.3) is 0 Å². The summed E-state index contributed by atoms with van der Waals surface area (Å²) in [4.78, 5) is 12.1. The Morgan fingerprint density at radius 1 is 1.41 bits per heavy atom. The van der Waals surface area contributed by atoms with E-state index in [2.05, 4.69) is 41.6 Å². The number of piperidine rings is 1. The van der Waals surface area contributed by atoms with Gasteiger partial charge in [0, 0.05) is 12.8 Å². The highest BCUT2D eigenvalue weighted by molar-refractivity contribution is 7.15. The van der Waals surface area contributed by atoms with Crippen LogP contribution < -0.4 is 10.6 Å². The Balaban J connectivity index is 0.00000242. The molecule has 22 heavy (non-hydrogen) atoms. The van der Waals surface area contributed by atoms with E-state index < -0.39 is 0 Å². The van der Waals surface area contributed by atoms with Crippen molar-refractivity contribution < 1.29 is 4.79 Å². The molecule has 2 unspecified atom stereocenters. The van der Waals surface area contributed by atoms with Crippen molar-refractivity contribution in [2.75, 3.05) is 18.4 Å². The average Bonchev–Trinajstić information content (AvgIpc) is 2.85. The number of carbonyl (C=O) groups is 1. The van der Waals surface area contributed by atoms with Crippen LogP contribution in [0.2, 0.25) is 0 Å². The topological polar surface area (TPSA) is 66.9 Å². The fourth-order valence-electron chi connectivity index (χ4n) is 2.73. The first-order valence-corrected chi connectivity index (χ1v) is 8.69. The molecule has 2 rings (SSSR count). The van der Waals surface area contributed by atoms with E-state index in [9.17, 15) is 4.79 Å². The minimum absolute atomic E-state index is 0. The van der Waals surface area contributed by atoms with E-state index in [1.807, 2.05) is 0 Å². The molecule has 7 heteroatoms. The van der Waals surface area contributed by atoms with Gasteiger partial charge in [-0.05, 0) is 43.7 Å². The smallest absolute Gasteiger partial charge is 0.226 e. The number of nitrogens with zero attached hydrogens (tertiary/aromatic N) is 2. The zero-order chi connectivity index (χ0) is 15.2. The van der Waals surface area contributed by atoms with Gasteiger partial charge in [-0.25, -0.2) is 0 Å². The molecule has 1 fully saturated rings. The number of halogens is 1. The molecule has 0 radical (unpaired) electrons. The summed E-state index contributed by atoms with van der Waals surface area (Å²) < 4.78 is 0. The Kier molecular flexibility index (Phi) is 8.28. The van der Waals surface area contributed by atoms with Crippen molar-refractivity contribution in [3.63, 3.8) is 0 Å². The molecule has 5 nitrogen and oxygen atoms in total. The lowest BCUT2D eigenvalue weighted by Gasteiger charge is -2.27. The van der Waals surface area contributed by atoms with E-state index in [0.717, 1.165) is 24.5 Å². The van der Waals surface area contributed by atoms with Crippen LogP contribution in [0.1, 0.15) is 45.0 Å². The van der Waals surface area contributed by atoms with Gasteiger partial charge in [0.1, 0.15) is 5.01 Å². The number of carbonyl (C=O) groups excluding carboxylic acids is 1. The maximum atomic E-state index is 12.1. The number of hydrogen-bond donors (Lipinski definition) is 2. The number of anilines is 1. The summed E-state index contributed by atoms with van der Waals surface area (Å²) in [6.45, 7) is 8.62. The number of aromatic nitrogens is 2. The van der Waals surface area contributed by atoms with Crippen molar-refractivity contribution in [2.24, 2.45) is 17.8 Å². The highest BCUT2D eigenvalue weighted by atomic mass is 35.5. The van der Waals surface area contributed by atoms with Crippen molar-refractivity contribution >= 4 is 34.8 Å². The maximum Gasteiger partial charge on any atom is 0.226 e. The summed E-state index contributed by atoms with van der Waals surface area (Å²) in [6.07, 6.45) is 3.91. The monoisotopic (exact) mass is 346 g/mol. The molecule has 1 aromatic rings. The molecule has 1 amide bonds. The lowest BCUT2D eigenvalue weighted by atomic mass is 9.85. The molecule has 126 valence electrons. The second kappa shape index (κ2) is 9.43. The first-order valence-electron chi connectivity index (χ1n) is 7.87. The number of nitrogens with one attached hydrogen (secondary N) is 2. The van der Waals surface area contributed by atoms with Gasteiger partial charge in [-0.3, -0.25) is 4.79 Å². The van der Waals surface area contributed by atoms with Crippen LogP contribution in [0.3, 0.4) is 0 Å². The maximum absolute atomic E-state index is 12.1. The fourth-order valence-corrected chi connectivity index (χ4v) is 3.70. The van der Waals surface area contributed by atoms with E-state index >= 15 is 0 Å². The van der Waals surface area contributed by atoms with Gasteiger partial charge >= 0.3 is 0 Å². The van der Waals surface area contributed by atoms with Crippen molar-refractivity contribution in [3.05, 3.63) is 5.01 Å². The third-order valence-electron chi connectivity index (χ3n) is 3.94. The molecule has 1 aliphatic rings. The van der Waals surface area contributed by atoms with Gasteiger partial charge in [0.2, 0.25) is 11.0 Å². The summed E-state index contributed by atoms with van der Waals surface area (Å²) in [5, 5.41) is 16.1. The van der Waals surface area contributed by atoms with Gasteiger partial charge in [-0.1, -0.05) is 32.1 Å². The van der Waals surface area contributed by atoms with Crippen molar-refractivity contribution in [1.82, 2.24) is 15.5 Å². The third-order valence-corrected chi connectivity index (χ3v) is 4.80. The van der Waals surface area contributed by atoms with Gasteiger partial charge in [0.05, 0.1) is 0 Å². The molecule has 0 spiro atoms. The predicted octanol–water partition coefficient (Wildman–Crippen LogP) is 3.12.